The summed E-state index contributed by atoms with van der Waals surface area (Å²) in [5.74, 6) is 1.31. The van der Waals surface area contributed by atoms with E-state index in [0.717, 1.165) is 11.1 Å². The number of anilines is 1. The smallest absolute Gasteiger partial charge is 0.166 e. The van der Waals surface area contributed by atoms with Crippen molar-refractivity contribution >= 4 is 5.82 Å². The van der Waals surface area contributed by atoms with Crippen LogP contribution >= 0.6 is 0 Å². The van der Waals surface area contributed by atoms with Crippen LogP contribution in [0.5, 0.6) is 5.75 Å². The van der Waals surface area contributed by atoms with Gasteiger partial charge in [-0.15, -0.1) is 0 Å². The molecule has 0 spiro atoms. The number of nitrogen functional groups attached to an aromatic ring is 1. The highest BCUT2D eigenvalue weighted by atomic mass is 16.5. The zero-order valence-corrected chi connectivity index (χ0v) is 10.1. The largest absolute Gasteiger partial charge is 0.496 e. The van der Waals surface area contributed by atoms with Crippen molar-refractivity contribution in [2.45, 2.75) is 6.92 Å². The Labute approximate surface area is 105 Å². The van der Waals surface area contributed by atoms with Gasteiger partial charge in [0.15, 0.2) is 5.82 Å². The number of aryl methyl sites for hydroxylation is 1. The molecular formula is C13H12N4O. The zero-order valence-electron chi connectivity index (χ0n) is 10.1. The van der Waals surface area contributed by atoms with Gasteiger partial charge in [-0.05, 0) is 19.1 Å². The number of benzene rings is 1. The molecule has 0 unspecified atom stereocenters. The first-order valence-electron chi connectivity index (χ1n) is 5.33. The molecule has 2 aromatic rings. The van der Waals surface area contributed by atoms with Crippen molar-refractivity contribution in [2.75, 3.05) is 12.8 Å². The highest BCUT2D eigenvalue weighted by Gasteiger charge is 2.11. The summed E-state index contributed by atoms with van der Waals surface area (Å²) in [6.45, 7) is 1.96. The maximum atomic E-state index is 8.89. The minimum atomic E-state index is 0.237. The van der Waals surface area contributed by atoms with Crippen molar-refractivity contribution in [1.29, 1.82) is 5.26 Å². The molecule has 0 radical (unpaired) electrons. The Hall–Kier alpha value is -2.61. The lowest BCUT2D eigenvalue weighted by Gasteiger charge is -2.08. The summed E-state index contributed by atoms with van der Waals surface area (Å²) in [4.78, 5) is 8.28. The Morgan fingerprint density at radius 2 is 2.06 bits per heavy atom. The van der Waals surface area contributed by atoms with Gasteiger partial charge in [-0.3, -0.25) is 0 Å². The van der Waals surface area contributed by atoms with E-state index in [1.54, 1.807) is 7.11 Å². The van der Waals surface area contributed by atoms with Crippen molar-refractivity contribution in [1.82, 2.24) is 9.97 Å². The van der Waals surface area contributed by atoms with E-state index in [-0.39, 0.29) is 11.5 Å². The standard InChI is InChI=1S/C13H12N4O/c1-8-3-4-11(18-2)10(5-8)13-16-9(7-14)6-12(15)17-13/h3-6H,1-2H3,(H2,15,16,17). The van der Waals surface area contributed by atoms with Crippen LogP contribution in [0.15, 0.2) is 24.3 Å². The summed E-state index contributed by atoms with van der Waals surface area (Å²) < 4.78 is 5.26. The van der Waals surface area contributed by atoms with Crippen LogP contribution in [0.4, 0.5) is 5.82 Å². The van der Waals surface area contributed by atoms with E-state index in [9.17, 15) is 0 Å². The summed E-state index contributed by atoms with van der Waals surface area (Å²) in [7, 11) is 1.58. The van der Waals surface area contributed by atoms with Crippen molar-refractivity contribution in [3.05, 3.63) is 35.5 Å². The SMILES string of the molecule is COc1ccc(C)cc1-c1nc(N)cc(C#N)n1. The van der Waals surface area contributed by atoms with Gasteiger partial charge in [0.1, 0.15) is 23.3 Å². The molecule has 0 atom stereocenters. The second kappa shape index (κ2) is 4.72. The van der Waals surface area contributed by atoms with Crippen LogP contribution in [-0.4, -0.2) is 17.1 Å². The molecule has 2 N–H and O–H groups in total. The van der Waals surface area contributed by atoms with Crippen molar-refractivity contribution in [2.24, 2.45) is 0 Å². The fourth-order valence-corrected chi connectivity index (χ4v) is 1.64. The average Bonchev–Trinajstić information content (AvgIpc) is 2.38. The molecular weight excluding hydrogens is 228 g/mol. The number of hydrogen-bond donors (Lipinski definition) is 1. The molecule has 5 heteroatoms. The average molecular weight is 240 g/mol. The third-order valence-electron chi connectivity index (χ3n) is 2.46. The Kier molecular flexibility index (Phi) is 3.11. The van der Waals surface area contributed by atoms with Crippen LogP contribution in [0.25, 0.3) is 11.4 Å². The van der Waals surface area contributed by atoms with Crippen molar-refractivity contribution in [3.63, 3.8) is 0 Å². The van der Waals surface area contributed by atoms with E-state index in [2.05, 4.69) is 9.97 Å². The van der Waals surface area contributed by atoms with Crippen LogP contribution in [-0.2, 0) is 0 Å². The Balaban J connectivity index is 2.65. The van der Waals surface area contributed by atoms with E-state index < -0.39 is 0 Å². The highest BCUT2D eigenvalue weighted by Crippen LogP contribution is 2.28. The monoisotopic (exact) mass is 240 g/mol. The van der Waals surface area contributed by atoms with Gasteiger partial charge in [-0.2, -0.15) is 5.26 Å². The number of aromatic nitrogens is 2. The number of nitriles is 1. The normalized spacial score (nSPS) is 9.83. The topological polar surface area (TPSA) is 84.8 Å². The van der Waals surface area contributed by atoms with Gasteiger partial charge in [0, 0.05) is 6.07 Å². The van der Waals surface area contributed by atoms with Gasteiger partial charge in [0.05, 0.1) is 12.7 Å². The molecule has 1 aromatic carbocycles. The fourth-order valence-electron chi connectivity index (χ4n) is 1.64. The number of hydrogen-bond acceptors (Lipinski definition) is 5. The molecule has 1 aromatic heterocycles. The van der Waals surface area contributed by atoms with E-state index in [0.29, 0.717) is 11.6 Å². The van der Waals surface area contributed by atoms with Crippen LogP contribution in [0, 0.1) is 18.3 Å². The predicted molar refractivity (Wildman–Crippen MR) is 67.9 cm³/mol. The lowest BCUT2D eigenvalue weighted by molar-refractivity contribution is 0.416. The molecule has 0 bridgehead atoms. The maximum Gasteiger partial charge on any atom is 0.166 e. The minimum Gasteiger partial charge on any atom is -0.496 e. The number of rotatable bonds is 2. The summed E-state index contributed by atoms with van der Waals surface area (Å²) in [5.41, 5.74) is 7.67. The predicted octanol–water partition coefficient (Wildman–Crippen LogP) is 1.91. The molecule has 18 heavy (non-hydrogen) atoms. The molecule has 0 aliphatic rings. The Bertz CT molecular complexity index is 631. The van der Waals surface area contributed by atoms with E-state index in [1.807, 2.05) is 31.2 Å². The molecule has 90 valence electrons. The van der Waals surface area contributed by atoms with Gasteiger partial charge >= 0.3 is 0 Å². The van der Waals surface area contributed by atoms with Gasteiger partial charge in [0.2, 0.25) is 0 Å². The Morgan fingerprint density at radius 3 is 2.72 bits per heavy atom. The van der Waals surface area contributed by atoms with E-state index in [4.69, 9.17) is 15.7 Å². The van der Waals surface area contributed by atoms with E-state index >= 15 is 0 Å². The van der Waals surface area contributed by atoms with Crippen LogP contribution < -0.4 is 10.5 Å². The van der Waals surface area contributed by atoms with Gasteiger partial charge in [-0.1, -0.05) is 11.6 Å². The van der Waals surface area contributed by atoms with Gasteiger partial charge in [-0.25, -0.2) is 9.97 Å². The molecule has 1 heterocycles. The second-order valence-corrected chi connectivity index (χ2v) is 3.82. The highest BCUT2D eigenvalue weighted by molar-refractivity contribution is 5.66. The number of nitrogens with zero attached hydrogens (tertiary/aromatic N) is 3. The lowest BCUT2D eigenvalue weighted by Crippen LogP contribution is -1.99. The third kappa shape index (κ3) is 2.23. The summed E-state index contributed by atoms with van der Waals surface area (Å²) >= 11 is 0. The molecule has 5 nitrogen and oxygen atoms in total. The molecule has 0 aliphatic carbocycles. The molecule has 2 rings (SSSR count). The minimum absolute atomic E-state index is 0.237. The Morgan fingerprint density at radius 1 is 1.28 bits per heavy atom. The molecule has 0 fully saturated rings. The summed E-state index contributed by atoms with van der Waals surface area (Å²) in [5, 5.41) is 8.89. The summed E-state index contributed by atoms with van der Waals surface area (Å²) in [6.07, 6.45) is 0. The quantitative estimate of drug-likeness (QED) is 0.866. The summed E-state index contributed by atoms with van der Waals surface area (Å²) in [6, 6.07) is 9.06. The molecule has 0 saturated carbocycles. The lowest BCUT2D eigenvalue weighted by atomic mass is 10.1. The van der Waals surface area contributed by atoms with E-state index in [1.165, 1.54) is 6.07 Å². The number of ether oxygens (including phenoxy) is 1. The number of nitrogens with two attached hydrogens (primary N) is 1. The maximum absolute atomic E-state index is 8.89. The molecule has 0 aliphatic heterocycles. The molecule has 0 amide bonds. The van der Waals surface area contributed by atoms with Gasteiger partial charge < -0.3 is 10.5 Å². The number of methoxy groups -OCH3 is 1. The first-order chi connectivity index (χ1) is 8.63. The second-order valence-electron chi connectivity index (χ2n) is 3.82. The van der Waals surface area contributed by atoms with Crippen LogP contribution in [0.3, 0.4) is 0 Å². The van der Waals surface area contributed by atoms with Crippen molar-refractivity contribution < 1.29 is 4.74 Å². The van der Waals surface area contributed by atoms with Crippen molar-refractivity contribution in [3.8, 4) is 23.2 Å². The molecule has 0 saturated heterocycles. The van der Waals surface area contributed by atoms with Crippen LogP contribution in [0.2, 0.25) is 0 Å². The van der Waals surface area contributed by atoms with Gasteiger partial charge in [0.25, 0.3) is 0 Å². The third-order valence-corrected chi connectivity index (χ3v) is 2.46. The fraction of sp³-hybridized carbons (Fsp3) is 0.154. The zero-order chi connectivity index (χ0) is 13.1. The first kappa shape index (κ1) is 11.9. The first-order valence-corrected chi connectivity index (χ1v) is 5.33. The van der Waals surface area contributed by atoms with Crippen LogP contribution in [0.1, 0.15) is 11.3 Å².